The third-order valence-electron chi connectivity index (χ3n) is 4.98. The third-order valence-corrected chi connectivity index (χ3v) is 4.98. The monoisotopic (exact) mass is 331 g/mol. The minimum atomic E-state index is -0.154. The number of benzene rings is 2. The van der Waals surface area contributed by atoms with Gasteiger partial charge in [-0.1, -0.05) is 48.5 Å². The molecular formula is C21H21N3O. The highest BCUT2D eigenvalue weighted by molar-refractivity contribution is 5.83. The van der Waals surface area contributed by atoms with Gasteiger partial charge in [-0.15, -0.1) is 0 Å². The van der Waals surface area contributed by atoms with Crippen molar-refractivity contribution in [1.29, 1.82) is 0 Å². The maximum Gasteiger partial charge on any atom is 0.237 e. The number of nitrogens with one attached hydrogen (secondary N) is 1. The number of hydrogen-bond donors (Lipinski definition) is 1. The van der Waals surface area contributed by atoms with E-state index >= 15 is 0 Å². The number of pyridine rings is 1. The fourth-order valence-corrected chi connectivity index (χ4v) is 3.68. The van der Waals surface area contributed by atoms with Gasteiger partial charge in [-0.05, 0) is 29.2 Å². The van der Waals surface area contributed by atoms with Crippen LogP contribution in [0.25, 0.3) is 10.9 Å². The van der Waals surface area contributed by atoms with Gasteiger partial charge >= 0.3 is 0 Å². The number of carbonyl (C=O) groups excluding carboxylic acids is 1. The Hall–Kier alpha value is -2.72. The molecule has 1 unspecified atom stereocenters. The summed E-state index contributed by atoms with van der Waals surface area (Å²) in [7, 11) is 1.71. The van der Waals surface area contributed by atoms with Crippen molar-refractivity contribution in [3.63, 3.8) is 0 Å². The van der Waals surface area contributed by atoms with Crippen LogP contribution in [0.2, 0.25) is 0 Å². The second kappa shape index (κ2) is 6.65. The Morgan fingerprint density at radius 3 is 2.76 bits per heavy atom. The van der Waals surface area contributed by atoms with Crippen LogP contribution in [0.15, 0.2) is 60.8 Å². The molecule has 0 aliphatic carbocycles. The first-order chi connectivity index (χ1) is 12.3. The predicted octanol–water partition coefficient (Wildman–Crippen LogP) is 2.91. The normalized spacial score (nSPS) is 17.2. The second-order valence-electron chi connectivity index (χ2n) is 6.50. The van der Waals surface area contributed by atoms with E-state index < -0.39 is 0 Å². The summed E-state index contributed by atoms with van der Waals surface area (Å²) in [4.78, 5) is 19.3. The van der Waals surface area contributed by atoms with Crippen molar-refractivity contribution in [3.05, 3.63) is 77.5 Å². The van der Waals surface area contributed by atoms with Crippen LogP contribution in [0.1, 0.15) is 16.7 Å². The van der Waals surface area contributed by atoms with Crippen LogP contribution in [0.3, 0.4) is 0 Å². The molecule has 4 heteroatoms. The van der Waals surface area contributed by atoms with Gasteiger partial charge in [0, 0.05) is 31.7 Å². The summed E-state index contributed by atoms with van der Waals surface area (Å²) < 4.78 is 0. The van der Waals surface area contributed by atoms with Crippen molar-refractivity contribution in [3.8, 4) is 0 Å². The summed E-state index contributed by atoms with van der Waals surface area (Å²) in [5.74, 6) is 0.0719. The molecule has 25 heavy (non-hydrogen) atoms. The average Bonchev–Trinajstić information content (AvgIpc) is 2.67. The zero-order valence-electron chi connectivity index (χ0n) is 14.3. The summed E-state index contributed by atoms with van der Waals surface area (Å²) in [6.07, 6.45) is 2.57. The first kappa shape index (κ1) is 15.8. The quantitative estimate of drug-likeness (QED) is 0.803. The lowest BCUT2D eigenvalue weighted by atomic mass is 9.93. The molecule has 126 valence electrons. The molecule has 4 rings (SSSR count). The molecule has 0 spiro atoms. The Balaban J connectivity index is 1.70. The van der Waals surface area contributed by atoms with E-state index in [2.05, 4.69) is 57.7 Å². The van der Waals surface area contributed by atoms with Gasteiger partial charge in [0.2, 0.25) is 5.91 Å². The van der Waals surface area contributed by atoms with Crippen molar-refractivity contribution in [1.82, 2.24) is 15.2 Å². The number of carbonyl (C=O) groups is 1. The summed E-state index contributed by atoms with van der Waals surface area (Å²) in [6.45, 7) is 1.48. The standard InChI is InChI=1S/C21H21N3O/c1-22-21(25)19-12-16-6-2-3-7-17(16)13-24(19)14-18-9-4-8-15-10-5-11-23-20(15)18/h2-11,19H,12-14H2,1H3,(H,22,25). The first-order valence-corrected chi connectivity index (χ1v) is 8.61. The minimum absolute atomic E-state index is 0.0719. The second-order valence-corrected chi connectivity index (χ2v) is 6.50. The zero-order chi connectivity index (χ0) is 17.2. The van der Waals surface area contributed by atoms with Crippen molar-refractivity contribution in [2.45, 2.75) is 25.6 Å². The molecule has 3 aromatic rings. The molecule has 2 aromatic carbocycles. The summed E-state index contributed by atoms with van der Waals surface area (Å²) in [6, 6.07) is 18.5. The highest BCUT2D eigenvalue weighted by Gasteiger charge is 2.31. The van der Waals surface area contributed by atoms with E-state index in [1.165, 1.54) is 11.1 Å². The third kappa shape index (κ3) is 3.01. The number of nitrogens with zero attached hydrogens (tertiary/aromatic N) is 2. The summed E-state index contributed by atoms with van der Waals surface area (Å²) in [5, 5.41) is 3.96. The zero-order valence-corrected chi connectivity index (χ0v) is 14.3. The van der Waals surface area contributed by atoms with Gasteiger partial charge in [0.1, 0.15) is 0 Å². The number of aromatic nitrogens is 1. The van der Waals surface area contributed by atoms with Crippen molar-refractivity contribution in [2.75, 3.05) is 7.05 Å². The fourth-order valence-electron chi connectivity index (χ4n) is 3.68. The Bertz CT molecular complexity index is 916. The number of hydrogen-bond acceptors (Lipinski definition) is 3. The average molecular weight is 331 g/mol. The molecule has 1 aromatic heterocycles. The number of fused-ring (bicyclic) bond motifs is 2. The van der Waals surface area contributed by atoms with Gasteiger partial charge in [0.15, 0.2) is 0 Å². The molecule has 1 aliphatic heterocycles. The maximum atomic E-state index is 12.5. The van der Waals surface area contributed by atoms with Crippen molar-refractivity contribution < 1.29 is 4.79 Å². The molecule has 1 amide bonds. The van der Waals surface area contributed by atoms with Crippen LogP contribution in [-0.4, -0.2) is 28.9 Å². The maximum absolute atomic E-state index is 12.5. The van der Waals surface area contributed by atoms with Gasteiger partial charge in [-0.3, -0.25) is 14.7 Å². The SMILES string of the molecule is CNC(=O)C1Cc2ccccc2CN1Cc1cccc2cccnc12. The minimum Gasteiger partial charge on any atom is -0.358 e. The van der Waals surface area contributed by atoms with Gasteiger partial charge in [-0.2, -0.15) is 0 Å². The molecule has 0 fully saturated rings. The van der Waals surface area contributed by atoms with Crippen LogP contribution in [0.4, 0.5) is 0 Å². The van der Waals surface area contributed by atoms with Gasteiger partial charge in [0.05, 0.1) is 11.6 Å². The molecular weight excluding hydrogens is 310 g/mol. The van der Waals surface area contributed by atoms with E-state index in [-0.39, 0.29) is 11.9 Å². The molecule has 0 saturated carbocycles. The molecule has 2 heterocycles. The van der Waals surface area contributed by atoms with E-state index in [0.29, 0.717) is 6.54 Å². The van der Waals surface area contributed by atoms with E-state index in [1.54, 1.807) is 7.05 Å². The smallest absolute Gasteiger partial charge is 0.237 e. The molecule has 1 atom stereocenters. The number of rotatable bonds is 3. The lowest BCUT2D eigenvalue weighted by molar-refractivity contribution is -0.126. The van der Waals surface area contributed by atoms with Gasteiger partial charge < -0.3 is 5.32 Å². The Kier molecular flexibility index (Phi) is 4.20. The predicted molar refractivity (Wildman–Crippen MR) is 99.0 cm³/mol. The molecule has 1 aliphatic rings. The first-order valence-electron chi connectivity index (χ1n) is 8.61. The van der Waals surface area contributed by atoms with Crippen LogP contribution < -0.4 is 5.32 Å². The highest BCUT2D eigenvalue weighted by atomic mass is 16.2. The van der Waals surface area contributed by atoms with Crippen LogP contribution in [0.5, 0.6) is 0 Å². The fraction of sp³-hybridized carbons (Fsp3) is 0.238. The molecule has 0 bridgehead atoms. The lowest BCUT2D eigenvalue weighted by Crippen LogP contribution is -2.49. The Morgan fingerprint density at radius 2 is 1.92 bits per heavy atom. The Morgan fingerprint density at radius 1 is 1.12 bits per heavy atom. The van der Waals surface area contributed by atoms with E-state index in [1.807, 2.05) is 18.3 Å². The number of amides is 1. The molecule has 4 nitrogen and oxygen atoms in total. The van der Waals surface area contributed by atoms with Crippen LogP contribution in [-0.2, 0) is 24.3 Å². The van der Waals surface area contributed by atoms with Gasteiger partial charge in [-0.25, -0.2) is 0 Å². The van der Waals surface area contributed by atoms with Crippen LogP contribution in [0, 0.1) is 0 Å². The highest BCUT2D eigenvalue weighted by Crippen LogP contribution is 2.26. The number of para-hydroxylation sites is 1. The van der Waals surface area contributed by atoms with E-state index in [0.717, 1.165) is 29.4 Å². The summed E-state index contributed by atoms with van der Waals surface area (Å²) in [5.41, 5.74) is 4.74. The van der Waals surface area contributed by atoms with Crippen molar-refractivity contribution in [2.24, 2.45) is 0 Å². The molecule has 0 radical (unpaired) electrons. The topological polar surface area (TPSA) is 45.2 Å². The molecule has 0 saturated heterocycles. The lowest BCUT2D eigenvalue weighted by Gasteiger charge is -2.35. The van der Waals surface area contributed by atoms with Gasteiger partial charge in [0.25, 0.3) is 0 Å². The van der Waals surface area contributed by atoms with Crippen molar-refractivity contribution >= 4 is 16.8 Å². The van der Waals surface area contributed by atoms with E-state index in [9.17, 15) is 4.79 Å². The van der Waals surface area contributed by atoms with E-state index in [4.69, 9.17) is 0 Å². The molecule has 1 N–H and O–H groups in total. The number of likely N-dealkylation sites (N-methyl/N-ethyl adjacent to an activating group) is 1. The van der Waals surface area contributed by atoms with Crippen LogP contribution >= 0.6 is 0 Å². The Labute approximate surface area is 147 Å². The largest absolute Gasteiger partial charge is 0.358 e. The summed E-state index contributed by atoms with van der Waals surface area (Å²) >= 11 is 0.